The van der Waals surface area contributed by atoms with Gasteiger partial charge in [0, 0.05) is 6.42 Å². The average Bonchev–Trinajstić information content (AvgIpc) is 2.10. The zero-order chi connectivity index (χ0) is 6.85. The molecule has 1 heterocycles. The molecule has 0 saturated heterocycles. The minimum absolute atomic E-state index is 0.685. The van der Waals surface area contributed by atoms with Gasteiger partial charge in [-0.05, 0) is 6.92 Å². The van der Waals surface area contributed by atoms with E-state index in [0.29, 0.717) is 5.76 Å². The first kappa shape index (κ1) is 6.42. The first-order valence-electron chi connectivity index (χ1n) is 2.95. The third kappa shape index (κ3) is 1.16. The second kappa shape index (κ2) is 2.27. The molecule has 3 nitrogen and oxygen atoms in total. The summed E-state index contributed by atoms with van der Waals surface area (Å²) in [5.41, 5.74) is 0. The molecule has 0 amide bonds. The molecule has 0 bridgehead atoms. The summed E-state index contributed by atoms with van der Waals surface area (Å²) in [5.74, 6) is 1.42. The van der Waals surface area contributed by atoms with Crippen molar-refractivity contribution in [2.45, 2.75) is 26.7 Å². The van der Waals surface area contributed by atoms with Gasteiger partial charge in [0.25, 0.3) is 0 Å². The molecule has 0 saturated carbocycles. The Kier molecular flexibility index (Phi) is 1.62. The van der Waals surface area contributed by atoms with Gasteiger partial charge in [0.2, 0.25) is 0 Å². The fourth-order valence-corrected chi connectivity index (χ4v) is 0.778. The minimum Gasteiger partial charge on any atom is -0.434 e. The van der Waals surface area contributed by atoms with Gasteiger partial charge < -0.3 is 14.6 Å². The summed E-state index contributed by atoms with van der Waals surface area (Å²) in [6.45, 7) is 2.65. The first-order chi connectivity index (χ1) is 4.24. The predicted molar refractivity (Wildman–Crippen MR) is 31.2 cm³/mol. The standard InChI is InChI=1S/C6H10O3/c1-3-5-4(2)8-6(7)9-5/h6-7H,3H2,1-2H3. The van der Waals surface area contributed by atoms with Crippen molar-refractivity contribution in [3.8, 4) is 0 Å². The minimum atomic E-state index is -1.07. The highest BCUT2D eigenvalue weighted by Crippen LogP contribution is 2.21. The van der Waals surface area contributed by atoms with Gasteiger partial charge in [0.1, 0.15) is 11.5 Å². The second-order valence-electron chi connectivity index (χ2n) is 1.88. The predicted octanol–water partition coefficient (Wildman–Crippen LogP) is 0.951. The van der Waals surface area contributed by atoms with Crippen LogP contribution in [0, 0.1) is 0 Å². The lowest BCUT2D eigenvalue weighted by Crippen LogP contribution is -2.05. The Morgan fingerprint density at radius 2 is 2.22 bits per heavy atom. The number of hydrogen-bond acceptors (Lipinski definition) is 3. The van der Waals surface area contributed by atoms with Gasteiger partial charge in [0.15, 0.2) is 0 Å². The van der Waals surface area contributed by atoms with Gasteiger partial charge in [-0.15, -0.1) is 0 Å². The normalized spacial score (nSPS) is 25.9. The maximum Gasteiger partial charge on any atom is 0.357 e. The van der Waals surface area contributed by atoms with Crippen molar-refractivity contribution in [3.63, 3.8) is 0 Å². The van der Waals surface area contributed by atoms with E-state index < -0.39 is 6.48 Å². The Hall–Kier alpha value is -0.700. The van der Waals surface area contributed by atoms with E-state index in [-0.39, 0.29) is 0 Å². The van der Waals surface area contributed by atoms with Crippen LogP contribution in [0.25, 0.3) is 0 Å². The van der Waals surface area contributed by atoms with E-state index in [9.17, 15) is 0 Å². The van der Waals surface area contributed by atoms with Crippen molar-refractivity contribution in [1.82, 2.24) is 0 Å². The molecule has 3 heteroatoms. The summed E-state index contributed by atoms with van der Waals surface area (Å²) in [4.78, 5) is 0. The molecule has 1 atom stereocenters. The van der Waals surface area contributed by atoms with Crippen molar-refractivity contribution in [2.24, 2.45) is 0 Å². The Morgan fingerprint density at radius 3 is 2.44 bits per heavy atom. The maximum atomic E-state index is 8.72. The van der Waals surface area contributed by atoms with Crippen LogP contribution in [0.5, 0.6) is 0 Å². The number of hydrogen-bond donors (Lipinski definition) is 1. The summed E-state index contributed by atoms with van der Waals surface area (Å²) in [5, 5.41) is 8.72. The molecule has 1 N–H and O–H groups in total. The van der Waals surface area contributed by atoms with Crippen LogP contribution in [0.1, 0.15) is 20.3 Å². The molecule has 0 aromatic carbocycles. The lowest BCUT2D eigenvalue weighted by Gasteiger charge is -2.01. The van der Waals surface area contributed by atoms with Crippen LogP contribution in [-0.4, -0.2) is 11.6 Å². The zero-order valence-electron chi connectivity index (χ0n) is 5.55. The number of allylic oxidation sites excluding steroid dienone is 2. The van der Waals surface area contributed by atoms with E-state index in [2.05, 4.69) is 0 Å². The van der Waals surface area contributed by atoms with Crippen molar-refractivity contribution >= 4 is 0 Å². The van der Waals surface area contributed by atoms with E-state index in [1.165, 1.54) is 0 Å². The molecule has 0 aliphatic carbocycles. The Bertz CT molecular complexity index is 139. The van der Waals surface area contributed by atoms with Crippen LogP contribution in [0.2, 0.25) is 0 Å². The lowest BCUT2D eigenvalue weighted by molar-refractivity contribution is -0.193. The summed E-state index contributed by atoms with van der Waals surface area (Å²) >= 11 is 0. The molecule has 1 aliphatic rings. The van der Waals surface area contributed by atoms with E-state index >= 15 is 0 Å². The van der Waals surface area contributed by atoms with Crippen LogP contribution >= 0.6 is 0 Å². The second-order valence-corrected chi connectivity index (χ2v) is 1.88. The van der Waals surface area contributed by atoms with Gasteiger partial charge >= 0.3 is 6.48 Å². The number of rotatable bonds is 1. The molecular weight excluding hydrogens is 120 g/mol. The Labute approximate surface area is 53.9 Å². The highest BCUT2D eigenvalue weighted by atomic mass is 16.8. The maximum absolute atomic E-state index is 8.72. The molecule has 0 radical (unpaired) electrons. The molecule has 0 aromatic rings. The zero-order valence-corrected chi connectivity index (χ0v) is 5.55. The fourth-order valence-electron chi connectivity index (χ4n) is 0.778. The number of aliphatic hydroxyl groups is 1. The Balaban J connectivity index is 2.58. The van der Waals surface area contributed by atoms with Crippen LogP contribution in [-0.2, 0) is 9.47 Å². The summed E-state index contributed by atoms with van der Waals surface area (Å²) in [7, 11) is 0. The van der Waals surface area contributed by atoms with Crippen LogP contribution in [0.15, 0.2) is 11.5 Å². The largest absolute Gasteiger partial charge is 0.434 e. The first-order valence-corrected chi connectivity index (χ1v) is 2.95. The van der Waals surface area contributed by atoms with Crippen LogP contribution in [0.4, 0.5) is 0 Å². The van der Waals surface area contributed by atoms with Gasteiger partial charge in [-0.1, -0.05) is 6.92 Å². The van der Waals surface area contributed by atoms with E-state index in [1.807, 2.05) is 6.92 Å². The molecule has 1 aliphatic heterocycles. The molecule has 0 spiro atoms. The summed E-state index contributed by atoms with van der Waals surface area (Å²) in [6.07, 6.45) is 0.767. The van der Waals surface area contributed by atoms with Gasteiger partial charge in [-0.3, -0.25) is 0 Å². The van der Waals surface area contributed by atoms with Crippen molar-refractivity contribution in [1.29, 1.82) is 0 Å². The molecule has 52 valence electrons. The highest BCUT2D eigenvalue weighted by Gasteiger charge is 2.19. The van der Waals surface area contributed by atoms with E-state index in [0.717, 1.165) is 12.2 Å². The van der Waals surface area contributed by atoms with Gasteiger partial charge in [0.05, 0.1) is 0 Å². The van der Waals surface area contributed by atoms with Crippen molar-refractivity contribution < 1.29 is 14.6 Å². The average molecular weight is 130 g/mol. The number of aliphatic hydroxyl groups excluding tert-OH is 1. The fraction of sp³-hybridized carbons (Fsp3) is 0.667. The van der Waals surface area contributed by atoms with E-state index in [1.54, 1.807) is 6.92 Å². The number of ether oxygens (including phenoxy) is 2. The molecule has 1 rings (SSSR count). The molecule has 0 fully saturated rings. The van der Waals surface area contributed by atoms with Crippen molar-refractivity contribution in [3.05, 3.63) is 11.5 Å². The van der Waals surface area contributed by atoms with Crippen LogP contribution < -0.4 is 0 Å². The third-order valence-corrected chi connectivity index (χ3v) is 1.23. The highest BCUT2D eigenvalue weighted by molar-refractivity contribution is 5.00. The molecular formula is C6H10O3. The quantitative estimate of drug-likeness (QED) is 0.574. The third-order valence-electron chi connectivity index (χ3n) is 1.23. The Morgan fingerprint density at radius 1 is 1.56 bits per heavy atom. The monoisotopic (exact) mass is 130 g/mol. The summed E-state index contributed by atoms with van der Waals surface area (Å²) < 4.78 is 9.61. The molecule has 1 unspecified atom stereocenters. The topological polar surface area (TPSA) is 38.7 Å². The van der Waals surface area contributed by atoms with Gasteiger partial charge in [-0.25, -0.2) is 0 Å². The molecule has 0 aromatic heterocycles. The van der Waals surface area contributed by atoms with Crippen molar-refractivity contribution in [2.75, 3.05) is 0 Å². The SMILES string of the molecule is CCC1=C(C)OC(O)O1. The smallest absolute Gasteiger partial charge is 0.357 e. The molecule has 9 heavy (non-hydrogen) atoms. The lowest BCUT2D eigenvalue weighted by atomic mass is 10.3. The van der Waals surface area contributed by atoms with E-state index in [4.69, 9.17) is 14.6 Å². The van der Waals surface area contributed by atoms with Crippen LogP contribution in [0.3, 0.4) is 0 Å². The van der Waals surface area contributed by atoms with Gasteiger partial charge in [-0.2, -0.15) is 0 Å². The summed E-state index contributed by atoms with van der Waals surface area (Å²) in [6, 6.07) is 0.